The SMILES string of the molecule is O=C(O)Cn1nc(Cc2ccccc2)cc1C1CCN(C[C@H]2CN([C@@H](C(=O)O)C3CCCCC3)C[C@@H]2c2ccccc2)CC1. The van der Waals surface area contributed by atoms with Gasteiger partial charge in [-0.1, -0.05) is 79.9 Å². The molecule has 2 aromatic carbocycles. The first kappa shape index (κ1) is 30.5. The van der Waals surface area contributed by atoms with Gasteiger partial charge in [-0.25, -0.2) is 0 Å². The second-order valence-corrected chi connectivity index (χ2v) is 13.3. The van der Waals surface area contributed by atoms with Crippen LogP contribution in [0.1, 0.15) is 79.3 Å². The summed E-state index contributed by atoms with van der Waals surface area (Å²) in [6.45, 7) is 4.35. The smallest absolute Gasteiger partial charge is 0.325 e. The van der Waals surface area contributed by atoms with Crippen LogP contribution in [0.2, 0.25) is 0 Å². The van der Waals surface area contributed by atoms with Crippen LogP contribution >= 0.6 is 0 Å². The van der Waals surface area contributed by atoms with Crippen LogP contribution in [0, 0.1) is 11.8 Å². The van der Waals surface area contributed by atoms with E-state index in [0.29, 0.717) is 18.3 Å². The highest BCUT2D eigenvalue weighted by Crippen LogP contribution is 2.39. The lowest BCUT2D eigenvalue weighted by Crippen LogP contribution is -2.46. The molecule has 2 saturated heterocycles. The van der Waals surface area contributed by atoms with Crippen LogP contribution in [0.5, 0.6) is 0 Å². The van der Waals surface area contributed by atoms with E-state index in [1.54, 1.807) is 4.68 Å². The molecule has 3 aromatic rings. The minimum atomic E-state index is -0.872. The number of hydrogen-bond acceptors (Lipinski definition) is 5. The van der Waals surface area contributed by atoms with E-state index in [1.807, 2.05) is 18.2 Å². The van der Waals surface area contributed by atoms with Crippen molar-refractivity contribution in [1.29, 1.82) is 0 Å². The molecule has 1 aromatic heterocycles. The van der Waals surface area contributed by atoms with Crippen molar-refractivity contribution in [2.24, 2.45) is 11.8 Å². The number of nitrogens with zero attached hydrogens (tertiary/aromatic N) is 4. The molecule has 8 heteroatoms. The summed E-state index contributed by atoms with van der Waals surface area (Å²) < 4.78 is 1.71. The third-order valence-electron chi connectivity index (χ3n) is 10.3. The van der Waals surface area contributed by atoms with Gasteiger partial charge in [0.1, 0.15) is 12.6 Å². The number of carboxylic acid groups (broad SMARTS) is 2. The topological polar surface area (TPSA) is 98.9 Å². The van der Waals surface area contributed by atoms with Gasteiger partial charge in [0.25, 0.3) is 0 Å². The summed E-state index contributed by atoms with van der Waals surface area (Å²) in [6, 6.07) is 22.6. The first-order valence-electron chi connectivity index (χ1n) is 16.5. The zero-order valence-corrected chi connectivity index (χ0v) is 25.6. The molecule has 3 heterocycles. The molecule has 44 heavy (non-hydrogen) atoms. The first-order chi connectivity index (χ1) is 21.4. The van der Waals surface area contributed by atoms with E-state index in [0.717, 1.165) is 82.6 Å². The molecule has 3 aliphatic rings. The molecule has 0 radical (unpaired) electrons. The van der Waals surface area contributed by atoms with Crippen LogP contribution in [-0.2, 0) is 22.6 Å². The average Bonchev–Trinajstić information content (AvgIpc) is 3.62. The molecule has 3 fully saturated rings. The molecule has 1 saturated carbocycles. The molecule has 6 rings (SSSR count). The van der Waals surface area contributed by atoms with Gasteiger partial charge in [-0.05, 0) is 67.8 Å². The van der Waals surface area contributed by atoms with E-state index in [4.69, 9.17) is 5.10 Å². The number of likely N-dealkylation sites (tertiary alicyclic amines) is 2. The van der Waals surface area contributed by atoms with Crippen molar-refractivity contribution in [2.75, 3.05) is 32.7 Å². The molecule has 0 spiro atoms. The van der Waals surface area contributed by atoms with E-state index in [1.165, 1.54) is 17.5 Å². The standard InChI is InChI=1S/C36H46N4O4/c41-34(42)25-40-33(21-31(37-40)20-26-10-4-1-5-11-26)28-16-18-38(19-17-28)22-30-23-39(24-32(30)27-12-6-2-7-13-27)35(36(43)44)29-14-8-3-9-15-29/h1-2,4-7,10-13,21,28-30,32,35H,3,8-9,14-20,22-25H2,(H,41,42)(H,43,44)/t30-,32+,35+/m0/s1. The van der Waals surface area contributed by atoms with Gasteiger partial charge in [0.2, 0.25) is 0 Å². The molecule has 3 atom stereocenters. The molecule has 0 bridgehead atoms. The zero-order chi connectivity index (χ0) is 30.5. The lowest BCUT2D eigenvalue weighted by molar-refractivity contribution is -0.145. The Morgan fingerprint density at radius 3 is 2.20 bits per heavy atom. The van der Waals surface area contributed by atoms with Crippen molar-refractivity contribution < 1.29 is 19.8 Å². The fourth-order valence-corrected chi connectivity index (χ4v) is 8.21. The summed E-state index contributed by atoms with van der Waals surface area (Å²) in [5, 5.41) is 24.6. The molecule has 2 N–H and O–H groups in total. The molecule has 1 aliphatic carbocycles. The number of benzene rings is 2. The van der Waals surface area contributed by atoms with E-state index in [2.05, 4.69) is 58.3 Å². The summed E-state index contributed by atoms with van der Waals surface area (Å²) in [6.07, 6.45) is 8.16. The Bertz CT molecular complexity index is 1380. The van der Waals surface area contributed by atoms with Crippen LogP contribution in [0.25, 0.3) is 0 Å². The number of carboxylic acids is 2. The van der Waals surface area contributed by atoms with E-state index < -0.39 is 18.0 Å². The molecular formula is C36H46N4O4. The summed E-state index contributed by atoms with van der Waals surface area (Å²) in [5.41, 5.74) is 4.42. The predicted molar refractivity (Wildman–Crippen MR) is 170 cm³/mol. The molecule has 234 valence electrons. The lowest BCUT2D eigenvalue weighted by Gasteiger charge is -2.35. The van der Waals surface area contributed by atoms with Crippen molar-refractivity contribution in [2.45, 2.75) is 75.8 Å². The van der Waals surface area contributed by atoms with Crippen LogP contribution in [-0.4, -0.2) is 80.5 Å². The quantitative estimate of drug-likeness (QED) is 0.301. The third-order valence-corrected chi connectivity index (χ3v) is 10.3. The van der Waals surface area contributed by atoms with Gasteiger partial charge in [-0.2, -0.15) is 5.10 Å². The summed E-state index contributed by atoms with van der Waals surface area (Å²) >= 11 is 0. The number of rotatable bonds is 11. The molecule has 8 nitrogen and oxygen atoms in total. The third kappa shape index (κ3) is 7.24. The van der Waals surface area contributed by atoms with E-state index >= 15 is 0 Å². The van der Waals surface area contributed by atoms with Crippen molar-refractivity contribution >= 4 is 11.9 Å². The maximum absolute atomic E-state index is 12.6. The van der Waals surface area contributed by atoms with Crippen LogP contribution in [0.3, 0.4) is 0 Å². The Hall–Kier alpha value is -3.49. The minimum absolute atomic E-state index is 0.118. The van der Waals surface area contributed by atoms with E-state index in [9.17, 15) is 19.8 Å². The zero-order valence-electron chi connectivity index (χ0n) is 25.6. The van der Waals surface area contributed by atoms with Gasteiger partial charge in [0, 0.05) is 43.6 Å². The van der Waals surface area contributed by atoms with Crippen LogP contribution < -0.4 is 0 Å². The van der Waals surface area contributed by atoms with E-state index in [-0.39, 0.29) is 18.4 Å². The molecule has 0 unspecified atom stereocenters. The predicted octanol–water partition coefficient (Wildman–Crippen LogP) is 5.49. The fourth-order valence-electron chi connectivity index (χ4n) is 8.21. The van der Waals surface area contributed by atoms with Gasteiger partial charge in [0.05, 0.1) is 5.69 Å². The Balaban J connectivity index is 1.14. The van der Waals surface area contributed by atoms with Crippen LogP contribution in [0.4, 0.5) is 0 Å². The number of carbonyl (C=O) groups is 2. The number of aliphatic carboxylic acids is 2. The largest absolute Gasteiger partial charge is 0.480 e. The van der Waals surface area contributed by atoms with Gasteiger partial charge < -0.3 is 15.1 Å². The number of hydrogen-bond donors (Lipinski definition) is 2. The highest BCUT2D eigenvalue weighted by Gasteiger charge is 2.43. The normalized spacial score (nSPS) is 23.1. The highest BCUT2D eigenvalue weighted by molar-refractivity contribution is 5.74. The van der Waals surface area contributed by atoms with Gasteiger partial charge >= 0.3 is 11.9 Å². The van der Waals surface area contributed by atoms with Crippen molar-refractivity contribution in [3.8, 4) is 0 Å². The summed E-state index contributed by atoms with van der Waals surface area (Å²) in [4.78, 5) is 29.1. The number of aromatic nitrogens is 2. The Morgan fingerprint density at radius 1 is 0.864 bits per heavy atom. The van der Waals surface area contributed by atoms with Crippen LogP contribution in [0.15, 0.2) is 66.7 Å². The van der Waals surface area contributed by atoms with Crippen molar-refractivity contribution in [3.05, 3.63) is 89.2 Å². The first-order valence-corrected chi connectivity index (χ1v) is 16.5. The van der Waals surface area contributed by atoms with Crippen molar-refractivity contribution in [3.63, 3.8) is 0 Å². The Morgan fingerprint density at radius 2 is 1.55 bits per heavy atom. The van der Waals surface area contributed by atoms with Gasteiger partial charge in [-0.3, -0.25) is 19.2 Å². The fraction of sp³-hybridized carbons (Fsp3) is 0.528. The maximum Gasteiger partial charge on any atom is 0.325 e. The van der Waals surface area contributed by atoms with Crippen molar-refractivity contribution in [1.82, 2.24) is 19.6 Å². The minimum Gasteiger partial charge on any atom is -0.480 e. The Kier molecular flexibility index (Phi) is 9.77. The maximum atomic E-state index is 12.6. The lowest BCUT2D eigenvalue weighted by atomic mass is 9.83. The van der Waals surface area contributed by atoms with Gasteiger partial charge in [0.15, 0.2) is 0 Å². The monoisotopic (exact) mass is 598 g/mol. The molecule has 0 amide bonds. The number of piperidine rings is 1. The molecular weight excluding hydrogens is 552 g/mol. The summed E-state index contributed by atoms with van der Waals surface area (Å²) in [7, 11) is 0. The Labute approximate surface area is 260 Å². The highest BCUT2D eigenvalue weighted by atomic mass is 16.4. The second kappa shape index (κ2) is 14.1. The second-order valence-electron chi connectivity index (χ2n) is 13.3. The molecule has 2 aliphatic heterocycles. The summed E-state index contributed by atoms with van der Waals surface area (Å²) in [5.74, 6) is -0.324. The average molecular weight is 599 g/mol. The van der Waals surface area contributed by atoms with Gasteiger partial charge in [-0.15, -0.1) is 0 Å².